The van der Waals surface area contributed by atoms with Crippen LogP contribution >= 0.6 is 0 Å². The van der Waals surface area contributed by atoms with Crippen LogP contribution in [-0.2, 0) is 24.8 Å². The number of hydrogen-bond acceptors (Lipinski definition) is 5. The fourth-order valence-electron chi connectivity index (χ4n) is 3.86. The summed E-state index contributed by atoms with van der Waals surface area (Å²) in [6.07, 6.45) is 0.948. The summed E-state index contributed by atoms with van der Waals surface area (Å²) in [6, 6.07) is 4.27. The second-order valence-electron chi connectivity index (χ2n) is 7.44. The van der Waals surface area contributed by atoms with Crippen molar-refractivity contribution in [1.29, 1.82) is 0 Å². The van der Waals surface area contributed by atoms with Crippen LogP contribution in [0.3, 0.4) is 0 Å². The highest BCUT2D eigenvalue weighted by Crippen LogP contribution is 2.32. The number of carbonyl (C=O) groups is 1. The number of carbonyl (C=O) groups excluding carboxylic acids is 1. The van der Waals surface area contributed by atoms with Crippen molar-refractivity contribution in [2.45, 2.75) is 38.5 Å². The van der Waals surface area contributed by atoms with Crippen molar-refractivity contribution in [3.63, 3.8) is 0 Å². The molecule has 2 aliphatic rings. The van der Waals surface area contributed by atoms with Crippen LogP contribution in [0, 0.1) is 18.8 Å². The van der Waals surface area contributed by atoms with Gasteiger partial charge in [-0.1, -0.05) is 13.8 Å². The molecular formula is C17H24N2O5S2. The zero-order chi connectivity index (χ0) is 19.3. The third-order valence-corrected chi connectivity index (χ3v) is 8.61. The summed E-state index contributed by atoms with van der Waals surface area (Å²) in [5.41, 5.74) is 0.632. The Balaban J connectivity index is 1.96. The van der Waals surface area contributed by atoms with E-state index in [0.717, 1.165) is 10.7 Å². The molecule has 1 amide bonds. The minimum absolute atomic E-state index is 0.0506. The third-order valence-electron chi connectivity index (χ3n) is 4.92. The van der Waals surface area contributed by atoms with E-state index in [2.05, 4.69) is 0 Å². The van der Waals surface area contributed by atoms with Crippen LogP contribution in [0.4, 0.5) is 5.69 Å². The summed E-state index contributed by atoms with van der Waals surface area (Å²) in [5.74, 6) is -0.117. The molecule has 2 aliphatic heterocycles. The minimum Gasteiger partial charge on any atom is -0.273 e. The van der Waals surface area contributed by atoms with Crippen molar-refractivity contribution in [1.82, 2.24) is 4.31 Å². The maximum atomic E-state index is 13.1. The molecule has 0 saturated carbocycles. The van der Waals surface area contributed by atoms with Gasteiger partial charge < -0.3 is 0 Å². The number of sulfonamides is 2. The molecule has 0 unspecified atom stereocenters. The van der Waals surface area contributed by atoms with Gasteiger partial charge in [-0.05, 0) is 48.9 Å². The van der Waals surface area contributed by atoms with Crippen molar-refractivity contribution in [3.8, 4) is 0 Å². The lowest BCUT2D eigenvalue weighted by atomic mass is 9.94. The number of piperidine rings is 1. The summed E-state index contributed by atoms with van der Waals surface area (Å²) >= 11 is 0. The normalized spacial score (nSPS) is 27.0. The molecule has 2 atom stereocenters. The van der Waals surface area contributed by atoms with Gasteiger partial charge in [-0.25, -0.2) is 21.1 Å². The highest BCUT2D eigenvalue weighted by atomic mass is 32.2. The molecule has 9 heteroatoms. The van der Waals surface area contributed by atoms with Gasteiger partial charge in [0.15, 0.2) is 0 Å². The highest BCUT2D eigenvalue weighted by molar-refractivity contribution is 7.94. The fraction of sp³-hybridized carbons (Fsp3) is 0.588. The van der Waals surface area contributed by atoms with Crippen molar-refractivity contribution < 1.29 is 21.6 Å². The molecular weight excluding hydrogens is 376 g/mol. The van der Waals surface area contributed by atoms with Gasteiger partial charge in [0.2, 0.25) is 26.0 Å². The van der Waals surface area contributed by atoms with Gasteiger partial charge in [0.1, 0.15) is 0 Å². The Morgan fingerprint density at radius 1 is 1.12 bits per heavy atom. The zero-order valence-electron chi connectivity index (χ0n) is 15.2. The maximum Gasteiger partial charge on any atom is 0.243 e. The number of rotatable bonds is 3. The molecule has 26 heavy (non-hydrogen) atoms. The Morgan fingerprint density at radius 2 is 1.73 bits per heavy atom. The van der Waals surface area contributed by atoms with Crippen LogP contribution in [0.2, 0.25) is 0 Å². The lowest BCUT2D eigenvalue weighted by Gasteiger charge is -2.34. The van der Waals surface area contributed by atoms with Crippen LogP contribution in [0.15, 0.2) is 23.1 Å². The molecule has 1 aromatic carbocycles. The van der Waals surface area contributed by atoms with E-state index in [1.54, 1.807) is 6.92 Å². The quantitative estimate of drug-likeness (QED) is 0.770. The van der Waals surface area contributed by atoms with Crippen molar-refractivity contribution in [3.05, 3.63) is 23.8 Å². The molecule has 0 aliphatic carbocycles. The van der Waals surface area contributed by atoms with Gasteiger partial charge in [-0.15, -0.1) is 0 Å². The first-order valence-corrected chi connectivity index (χ1v) is 11.7. The Morgan fingerprint density at radius 3 is 2.23 bits per heavy atom. The first-order valence-electron chi connectivity index (χ1n) is 8.69. The number of hydrogen-bond donors (Lipinski definition) is 0. The van der Waals surface area contributed by atoms with Crippen LogP contribution in [0.1, 0.15) is 32.3 Å². The Bertz CT molecular complexity index is 930. The molecule has 2 saturated heterocycles. The van der Waals surface area contributed by atoms with Gasteiger partial charge in [0.25, 0.3) is 0 Å². The Kier molecular flexibility index (Phi) is 4.91. The van der Waals surface area contributed by atoms with E-state index in [4.69, 9.17) is 0 Å². The van der Waals surface area contributed by atoms with Crippen molar-refractivity contribution in [2.75, 3.05) is 23.1 Å². The Hall–Kier alpha value is -1.45. The van der Waals surface area contributed by atoms with E-state index in [-0.39, 0.29) is 22.8 Å². The SMILES string of the molecule is Cc1cc(N2C(=O)CCS2(=O)=O)ccc1S(=O)(=O)N1C[C@H](C)C[C@H](C)C1. The first-order chi connectivity index (χ1) is 12.0. The molecule has 0 N–H and O–H groups in total. The van der Waals surface area contributed by atoms with E-state index in [1.165, 1.54) is 22.5 Å². The first kappa shape index (κ1) is 19.3. The molecule has 0 bridgehead atoms. The summed E-state index contributed by atoms with van der Waals surface area (Å²) in [5, 5.41) is 0. The molecule has 3 rings (SSSR count). The van der Waals surface area contributed by atoms with Crippen LogP contribution in [-0.4, -0.2) is 45.9 Å². The largest absolute Gasteiger partial charge is 0.273 e. The van der Waals surface area contributed by atoms with Crippen LogP contribution < -0.4 is 4.31 Å². The fourth-order valence-corrected chi connectivity index (χ4v) is 7.20. The monoisotopic (exact) mass is 400 g/mol. The zero-order valence-corrected chi connectivity index (χ0v) is 16.8. The maximum absolute atomic E-state index is 13.1. The van der Waals surface area contributed by atoms with Crippen molar-refractivity contribution >= 4 is 31.6 Å². The second-order valence-corrected chi connectivity index (χ2v) is 11.3. The summed E-state index contributed by atoms with van der Waals surface area (Å²) in [6.45, 7) is 6.66. The average Bonchev–Trinajstić information content (AvgIpc) is 2.79. The van der Waals surface area contributed by atoms with E-state index in [0.29, 0.717) is 30.5 Å². The molecule has 2 heterocycles. The van der Waals surface area contributed by atoms with Gasteiger partial charge in [0, 0.05) is 19.5 Å². The lowest BCUT2D eigenvalue weighted by Crippen LogP contribution is -2.42. The highest BCUT2D eigenvalue weighted by Gasteiger charge is 2.37. The smallest absolute Gasteiger partial charge is 0.243 e. The number of amides is 1. The van der Waals surface area contributed by atoms with E-state index in [9.17, 15) is 21.6 Å². The lowest BCUT2D eigenvalue weighted by molar-refractivity contribution is -0.116. The van der Waals surface area contributed by atoms with E-state index < -0.39 is 26.0 Å². The minimum atomic E-state index is -3.67. The number of benzene rings is 1. The molecule has 0 radical (unpaired) electrons. The molecule has 0 spiro atoms. The Labute approximate surface area is 155 Å². The molecule has 7 nitrogen and oxygen atoms in total. The van der Waals surface area contributed by atoms with E-state index in [1.807, 2.05) is 13.8 Å². The molecule has 1 aromatic rings. The standard InChI is InChI=1S/C17H24N2O5S2/c1-12-8-13(2)11-18(10-12)26(23,24)16-5-4-15(9-14(16)3)19-17(20)6-7-25(19,21)22/h4-5,9,12-13H,6-8,10-11H2,1-3H3/t12-,13+. The average molecular weight is 401 g/mol. The summed E-state index contributed by atoms with van der Waals surface area (Å²) < 4.78 is 52.5. The second kappa shape index (κ2) is 6.61. The van der Waals surface area contributed by atoms with Gasteiger partial charge in [-0.2, -0.15) is 4.31 Å². The number of nitrogens with zero attached hydrogens (tertiary/aromatic N) is 2. The number of aryl methyl sites for hydroxylation is 1. The summed E-state index contributed by atoms with van der Waals surface area (Å²) in [7, 11) is -7.33. The summed E-state index contributed by atoms with van der Waals surface area (Å²) in [4.78, 5) is 12.1. The van der Waals surface area contributed by atoms with Gasteiger partial charge in [-0.3, -0.25) is 4.79 Å². The molecule has 144 valence electrons. The van der Waals surface area contributed by atoms with Crippen LogP contribution in [0.25, 0.3) is 0 Å². The van der Waals surface area contributed by atoms with Crippen LogP contribution in [0.5, 0.6) is 0 Å². The van der Waals surface area contributed by atoms with Crippen molar-refractivity contribution in [2.24, 2.45) is 11.8 Å². The molecule has 0 aromatic heterocycles. The predicted octanol–water partition coefficient (Wildman–Crippen LogP) is 1.73. The topological polar surface area (TPSA) is 91.8 Å². The molecule has 2 fully saturated rings. The van der Waals surface area contributed by atoms with Gasteiger partial charge in [0.05, 0.1) is 16.3 Å². The third kappa shape index (κ3) is 3.39. The van der Waals surface area contributed by atoms with E-state index >= 15 is 0 Å². The predicted molar refractivity (Wildman–Crippen MR) is 98.8 cm³/mol. The van der Waals surface area contributed by atoms with Gasteiger partial charge >= 0.3 is 0 Å². The number of anilines is 1.